The number of Topliss-reactive ketones (excluding diaryl/α,β-unsaturated/α-hetero) is 2. The monoisotopic (exact) mass is 502 g/mol. The van der Waals surface area contributed by atoms with Crippen molar-refractivity contribution in [2.75, 3.05) is 0 Å². The molecule has 4 N–H and O–H groups in total. The Morgan fingerprint density at radius 1 is 1.17 bits per heavy atom. The highest BCUT2D eigenvalue weighted by Gasteiger charge is 2.83. The number of ketones is 2. The SMILES string of the molecule is C[C@H](CC(=O)[C@H](O)C(C)(C)O)[C@H]1C(=O)C[C@@]2(C)C3=CCC4C(C)(C)[C@@H](O)CC[C@@]45C[C@@]35[C@@H](O)C[C@]12C. The van der Waals surface area contributed by atoms with Gasteiger partial charge in [-0.25, -0.2) is 0 Å². The maximum Gasteiger partial charge on any atom is 0.164 e. The number of carbonyl (C=O) groups is 2. The Kier molecular flexibility index (Phi) is 5.54. The molecule has 202 valence electrons. The lowest BCUT2D eigenvalue weighted by Crippen LogP contribution is -2.58. The Balaban J connectivity index is 1.50. The summed E-state index contributed by atoms with van der Waals surface area (Å²) in [6, 6.07) is 0. The van der Waals surface area contributed by atoms with Gasteiger partial charge in [0.2, 0.25) is 0 Å². The van der Waals surface area contributed by atoms with Crippen LogP contribution in [0.4, 0.5) is 0 Å². The molecule has 6 heteroatoms. The number of fused-ring (bicyclic) bond motifs is 2. The zero-order valence-electron chi connectivity index (χ0n) is 23.1. The van der Waals surface area contributed by atoms with Gasteiger partial charge in [-0.3, -0.25) is 9.59 Å². The second-order valence-corrected chi connectivity index (χ2v) is 14.9. The highest BCUT2D eigenvalue weighted by atomic mass is 16.3. The molecule has 36 heavy (non-hydrogen) atoms. The summed E-state index contributed by atoms with van der Waals surface area (Å²) in [7, 11) is 0. The standard InChI is InChI=1S/C30H46O6/c1-16(12-17(31)24(35)26(4,5)36)23-18(32)13-27(6)20-9-8-19-25(2,3)21(33)10-11-29(19)15-30(20,29)22(34)14-28(23,27)7/h9,16,19,21-24,33-36H,8,10-15H2,1-7H3/t16-,19?,21+,22+,23+,24+,27+,28-,29-,30+/m1/s1. The van der Waals surface area contributed by atoms with Crippen LogP contribution in [0.25, 0.3) is 0 Å². The van der Waals surface area contributed by atoms with Crippen LogP contribution >= 0.6 is 0 Å². The molecule has 4 saturated carbocycles. The molecule has 0 aromatic carbocycles. The Hall–Kier alpha value is -1.08. The van der Waals surface area contributed by atoms with Crippen molar-refractivity contribution in [1.82, 2.24) is 0 Å². The predicted octanol–water partition coefficient (Wildman–Crippen LogP) is 3.58. The summed E-state index contributed by atoms with van der Waals surface area (Å²) in [4.78, 5) is 26.5. The number of hydrogen-bond donors (Lipinski definition) is 4. The summed E-state index contributed by atoms with van der Waals surface area (Å²) in [6.07, 6.45) is 4.34. The molecule has 5 aliphatic rings. The summed E-state index contributed by atoms with van der Waals surface area (Å²) in [5.74, 6) is -0.696. The van der Waals surface area contributed by atoms with Gasteiger partial charge in [0, 0.05) is 29.6 Å². The number of aliphatic hydroxyl groups excluding tert-OH is 3. The molecule has 0 saturated heterocycles. The Morgan fingerprint density at radius 3 is 2.42 bits per heavy atom. The van der Waals surface area contributed by atoms with Gasteiger partial charge in [0.25, 0.3) is 0 Å². The average molecular weight is 503 g/mol. The average Bonchev–Trinajstić information content (AvgIpc) is 3.38. The first-order chi connectivity index (χ1) is 16.4. The fourth-order valence-electron chi connectivity index (χ4n) is 10.3. The minimum absolute atomic E-state index is 0.0108. The minimum atomic E-state index is -1.53. The van der Waals surface area contributed by atoms with E-state index >= 15 is 0 Å². The van der Waals surface area contributed by atoms with E-state index in [0.717, 1.165) is 25.7 Å². The number of aliphatic hydroxyl groups is 4. The molecule has 0 aromatic rings. The van der Waals surface area contributed by atoms with Gasteiger partial charge in [0.05, 0.1) is 17.8 Å². The quantitative estimate of drug-likeness (QED) is 0.427. The van der Waals surface area contributed by atoms with E-state index in [1.54, 1.807) is 0 Å². The summed E-state index contributed by atoms with van der Waals surface area (Å²) in [6.45, 7) is 13.4. The van der Waals surface area contributed by atoms with Crippen LogP contribution < -0.4 is 0 Å². The van der Waals surface area contributed by atoms with Gasteiger partial charge in [0.15, 0.2) is 5.78 Å². The third kappa shape index (κ3) is 2.99. The molecule has 5 rings (SSSR count). The van der Waals surface area contributed by atoms with E-state index in [-0.39, 0.29) is 40.5 Å². The molecule has 0 aromatic heterocycles. The van der Waals surface area contributed by atoms with Crippen LogP contribution in [-0.4, -0.2) is 55.9 Å². The van der Waals surface area contributed by atoms with Crippen molar-refractivity contribution in [3.05, 3.63) is 11.6 Å². The summed E-state index contributed by atoms with van der Waals surface area (Å²) in [5, 5.41) is 43.2. The van der Waals surface area contributed by atoms with Crippen molar-refractivity contribution in [3.63, 3.8) is 0 Å². The van der Waals surface area contributed by atoms with Crippen LogP contribution in [0.1, 0.15) is 93.4 Å². The van der Waals surface area contributed by atoms with Crippen molar-refractivity contribution in [1.29, 1.82) is 0 Å². The molecule has 0 amide bonds. The van der Waals surface area contributed by atoms with Crippen molar-refractivity contribution in [2.45, 2.75) is 117 Å². The first kappa shape index (κ1) is 26.5. The maximum atomic E-state index is 13.7. The number of rotatable bonds is 5. The minimum Gasteiger partial charge on any atom is -0.393 e. The van der Waals surface area contributed by atoms with E-state index in [9.17, 15) is 30.0 Å². The molecule has 0 bridgehead atoms. The van der Waals surface area contributed by atoms with Crippen LogP contribution in [0.5, 0.6) is 0 Å². The van der Waals surface area contributed by atoms with Crippen LogP contribution in [0.3, 0.4) is 0 Å². The van der Waals surface area contributed by atoms with Gasteiger partial charge in [-0.05, 0) is 74.0 Å². The lowest BCUT2D eigenvalue weighted by atomic mass is 9.44. The van der Waals surface area contributed by atoms with Crippen molar-refractivity contribution in [2.24, 2.45) is 44.8 Å². The maximum absolute atomic E-state index is 13.7. The van der Waals surface area contributed by atoms with E-state index in [2.05, 4.69) is 33.8 Å². The molecular weight excluding hydrogens is 456 g/mol. The first-order valence-electron chi connectivity index (χ1n) is 13.9. The Labute approximate surface area is 215 Å². The van der Waals surface area contributed by atoms with Gasteiger partial charge >= 0.3 is 0 Å². The van der Waals surface area contributed by atoms with Crippen LogP contribution in [0, 0.1) is 44.8 Å². The molecule has 0 radical (unpaired) electrons. The van der Waals surface area contributed by atoms with Gasteiger partial charge in [-0.1, -0.05) is 46.3 Å². The second-order valence-electron chi connectivity index (χ2n) is 14.9. The van der Waals surface area contributed by atoms with Crippen molar-refractivity contribution >= 4 is 11.6 Å². The summed E-state index contributed by atoms with van der Waals surface area (Å²) < 4.78 is 0. The highest BCUT2D eigenvalue weighted by molar-refractivity contribution is 5.89. The second kappa shape index (κ2) is 7.52. The number of hydrogen-bond acceptors (Lipinski definition) is 6. The number of allylic oxidation sites excluding steroid dienone is 1. The van der Waals surface area contributed by atoms with Gasteiger partial charge in [-0.2, -0.15) is 0 Å². The predicted molar refractivity (Wildman–Crippen MR) is 136 cm³/mol. The fourth-order valence-corrected chi connectivity index (χ4v) is 10.3. The van der Waals surface area contributed by atoms with Crippen LogP contribution in [0.2, 0.25) is 0 Å². The summed E-state index contributed by atoms with van der Waals surface area (Å²) in [5.41, 5.74) is -1.71. The van der Waals surface area contributed by atoms with Crippen LogP contribution in [0.15, 0.2) is 11.6 Å². The first-order valence-corrected chi connectivity index (χ1v) is 13.9. The van der Waals surface area contributed by atoms with Gasteiger partial charge < -0.3 is 20.4 Å². The van der Waals surface area contributed by atoms with Gasteiger partial charge in [-0.15, -0.1) is 0 Å². The lowest BCUT2D eigenvalue weighted by molar-refractivity contribution is -0.142. The van der Waals surface area contributed by atoms with E-state index in [0.29, 0.717) is 18.8 Å². The fraction of sp³-hybridized carbons (Fsp3) is 0.867. The van der Waals surface area contributed by atoms with E-state index in [4.69, 9.17) is 0 Å². The largest absolute Gasteiger partial charge is 0.393 e. The smallest absolute Gasteiger partial charge is 0.164 e. The molecular formula is C30H46O6. The third-order valence-corrected chi connectivity index (χ3v) is 12.4. The topological polar surface area (TPSA) is 115 Å². The van der Waals surface area contributed by atoms with E-state index in [1.165, 1.54) is 19.4 Å². The molecule has 0 aliphatic heterocycles. The zero-order valence-corrected chi connectivity index (χ0v) is 23.1. The van der Waals surface area contributed by atoms with E-state index in [1.807, 2.05) is 6.92 Å². The van der Waals surface area contributed by atoms with Gasteiger partial charge in [0.1, 0.15) is 11.9 Å². The highest BCUT2D eigenvalue weighted by Crippen LogP contribution is 2.87. The van der Waals surface area contributed by atoms with Crippen molar-refractivity contribution < 1.29 is 30.0 Å². The zero-order chi connectivity index (χ0) is 26.9. The number of carbonyl (C=O) groups excluding carboxylic acids is 2. The molecule has 0 heterocycles. The Bertz CT molecular complexity index is 1020. The third-order valence-electron chi connectivity index (χ3n) is 12.4. The molecule has 2 spiro atoms. The molecule has 4 fully saturated rings. The normalized spacial score (nSPS) is 48.6. The summed E-state index contributed by atoms with van der Waals surface area (Å²) >= 11 is 0. The molecule has 10 atom stereocenters. The molecule has 5 aliphatic carbocycles. The van der Waals surface area contributed by atoms with Crippen molar-refractivity contribution in [3.8, 4) is 0 Å². The molecule has 6 nitrogen and oxygen atoms in total. The lowest BCUT2D eigenvalue weighted by Gasteiger charge is -2.60. The van der Waals surface area contributed by atoms with E-state index < -0.39 is 40.3 Å². The molecule has 1 unspecified atom stereocenters. The Morgan fingerprint density at radius 2 is 1.81 bits per heavy atom. The van der Waals surface area contributed by atoms with Crippen LogP contribution in [-0.2, 0) is 9.59 Å².